The summed E-state index contributed by atoms with van der Waals surface area (Å²) in [6.45, 7) is 6.43. The lowest BCUT2D eigenvalue weighted by Gasteiger charge is -2.21. The van der Waals surface area contributed by atoms with Crippen LogP contribution in [-0.2, 0) is 11.2 Å². The summed E-state index contributed by atoms with van der Waals surface area (Å²) in [5.41, 5.74) is 10.1. The Balaban J connectivity index is 2.07. The van der Waals surface area contributed by atoms with Gasteiger partial charge >= 0.3 is 0 Å². The molecule has 3 heteroatoms. The minimum atomic E-state index is 0.273. The average Bonchev–Trinajstić information content (AvgIpc) is 2.87. The maximum atomic E-state index is 6.02. The van der Waals surface area contributed by atoms with E-state index in [1.54, 1.807) is 7.11 Å². The molecular formula is C16H26N2O. The Morgan fingerprint density at radius 2 is 2.26 bits per heavy atom. The monoisotopic (exact) mass is 262 g/mol. The fourth-order valence-corrected chi connectivity index (χ4v) is 2.79. The highest BCUT2D eigenvalue weighted by atomic mass is 16.5. The molecule has 0 radical (unpaired) electrons. The van der Waals surface area contributed by atoms with Crippen molar-refractivity contribution in [3.63, 3.8) is 0 Å². The second-order valence-electron chi connectivity index (χ2n) is 5.59. The molecular weight excluding hydrogens is 236 g/mol. The first-order valence-corrected chi connectivity index (χ1v) is 7.27. The van der Waals surface area contributed by atoms with Crippen molar-refractivity contribution < 1.29 is 4.74 Å². The van der Waals surface area contributed by atoms with Crippen LogP contribution in [0.2, 0.25) is 0 Å². The fraction of sp³-hybridized carbons (Fsp3) is 0.625. The molecule has 2 rings (SSSR count). The van der Waals surface area contributed by atoms with Crippen LogP contribution in [-0.4, -0.2) is 32.3 Å². The number of nitrogens with zero attached hydrogens (tertiary/aromatic N) is 1. The molecule has 2 unspecified atom stereocenters. The smallest absolute Gasteiger partial charge is 0.0762 e. The van der Waals surface area contributed by atoms with E-state index in [1.165, 1.54) is 16.8 Å². The Hall–Kier alpha value is -1.06. The Bertz CT molecular complexity index is 419. The van der Waals surface area contributed by atoms with Gasteiger partial charge in [0.25, 0.3) is 0 Å². The molecule has 1 aromatic carbocycles. The number of anilines is 1. The van der Waals surface area contributed by atoms with Crippen molar-refractivity contribution in [1.29, 1.82) is 0 Å². The molecule has 1 fully saturated rings. The molecule has 1 saturated heterocycles. The molecule has 3 nitrogen and oxygen atoms in total. The van der Waals surface area contributed by atoms with Crippen LogP contribution < -0.4 is 10.6 Å². The van der Waals surface area contributed by atoms with Gasteiger partial charge in [-0.1, -0.05) is 19.1 Å². The molecule has 1 aliphatic rings. The van der Waals surface area contributed by atoms with Crippen molar-refractivity contribution in [2.75, 3.05) is 25.1 Å². The Morgan fingerprint density at radius 3 is 2.84 bits per heavy atom. The van der Waals surface area contributed by atoms with Crippen LogP contribution in [0.3, 0.4) is 0 Å². The third kappa shape index (κ3) is 3.48. The van der Waals surface area contributed by atoms with E-state index in [1.807, 2.05) is 0 Å². The molecule has 0 saturated carbocycles. The van der Waals surface area contributed by atoms with Gasteiger partial charge in [0.2, 0.25) is 0 Å². The van der Waals surface area contributed by atoms with Gasteiger partial charge in [0.15, 0.2) is 0 Å². The maximum Gasteiger partial charge on any atom is 0.0762 e. The van der Waals surface area contributed by atoms with Crippen molar-refractivity contribution in [3.8, 4) is 0 Å². The minimum Gasteiger partial charge on any atom is -0.380 e. The lowest BCUT2D eigenvalue weighted by atomic mass is 10.0. The van der Waals surface area contributed by atoms with E-state index in [0.717, 1.165) is 32.4 Å². The Kier molecular flexibility index (Phi) is 4.83. The van der Waals surface area contributed by atoms with Gasteiger partial charge in [0.05, 0.1) is 6.10 Å². The van der Waals surface area contributed by atoms with Gasteiger partial charge in [-0.05, 0) is 43.4 Å². The predicted molar refractivity (Wildman–Crippen MR) is 80.8 cm³/mol. The molecule has 1 aromatic rings. The van der Waals surface area contributed by atoms with Crippen LogP contribution >= 0.6 is 0 Å². The molecule has 19 heavy (non-hydrogen) atoms. The molecule has 2 N–H and O–H groups in total. The van der Waals surface area contributed by atoms with E-state index < -0.39 is 0 Å². The number of methoxy groups -OCH3 is 1. The summed E-state index contributed by atoms with van der Waals surface area (Å²) in [7, 11) is 1.80. The zero-order chi connectivity index (χ0) is 13.8. The van der Waals surface area contributed by atoms with E-state index >= 15 is 0 Å². The van der Waals surface area contributed by atoms with Crippen molar-refractivity contribution in [2.45, 2.75) is 45.3 Å². The fourth-order valence-electron chi connectivity index (χ4n) is 2.79. The molecule has 0 aliphatic carbocycles. The highest BCUT2D eigenvalue weighted by molar-refractivity contribution is 5.55. The summed E-state index contributed by atoms with van der Waals surface area (Å²) < 4.78 is 5.44. The number of hydrogen-bond acceptors (Lipinski definition) is 3. The lowest BCUT2D eigenvalue weighted by molar-refractivity contribution is 0.121. The molecule has 0 spiro atoms. The van der Waals surface area contributed by atoms with E-state index in [0.29, 0.717) is 6.10 Å². The second-order valence-corrected chi connectivity index (χ2v) is 5.59. The van der Waals surface area contributed by atoms with Crippen molar-refractivity contribution >= 4 is 5.69 Å². The quantitative estimate of drug-likeness (QED) is 0.886. The molecule has 1 heterocycles. The van der Waals surface area contributed by atoms with Crippen molar-refractivity contribution in [2.24, 2.45) is 5.73 Å². The number of rotatable bonds is 5. The van der Waals surface area contributed by atoms with Gasteiger partial charge in [0, 0.05) is 31.9 Å². The largest absolute Gasteiger partial charge is 0.380 e. The number of benzene rings is 1. The van der Waals surface area contributed by atoms with E-state index in [9.17, 15) is 0 Å². The predicted octanol–water partition coefficient (Wildman–Crippen LogP) is 2.50. The first-order chi connectivity index (χ1) is 9.13. The van der Waals surface area contributed by atoms with E-state index in [4.69, 9.17) is 10.5 Å². The summed E-state index contributed by atoms with van der Waals surface area (Å²) in [6.07, 6.45) is 3.51. The van der Waals surface area contributed by atoms with E-state index in [2.05, 4.69) is 36.9 Å². The van der Waals surface area contributed by atoms with E-state index in [-0.39, 0.29) is 6.04 Å². The SMILES string of the molecule is CCC(N)Cc1ccc(N2CCC(OC)C2)c(C)c1. The molecule has 106 valence electrons. The first kappa shape index (κ1) is 14.4. The molecule has 0 aromatic heterocycles. The van der Waals surface area contributed by atoms with Gasteiger partial charge in [-0.3, -0.25) is 0 Å². The lowest BCUT2D eigenvalue weighted by Crippen LogP contribution is -2.23. The topological polar surface area (TPSA) is 38.5 Å². The van der Waals surface area contributed by atoms with Gasteiger partial charge in [-0.2, -0.15) is 0 Å². The highest BCUT2D eigenvalue weighted by Crippen LogP contribution is 2.26. The van der Waals surface area contributed by atoms with Gasteiger partial charge in [-0.15, -0.1) is 0 Å². The van der Waals surface area contributed by atoms with Crippen LogP contribution in [0, 0.1) is 6.92 Å². The molecule has 2 atom stereocenters. The van der Waals surface area contributed by atoms with Crippen LogP contribution in [0.1, 0.15) is 30.9 Å². The zero-order valence-corrected chi connectivity index (χ0v) is 12.4. The normalized spacial score (nSPS) is 20.8. The molecule has 0 amide bonds. The number of ether oxygens (including phenoxy) is 1. The highest BCUT2D eigenvalue weighted by Gasteiger charge is 2.23. The summed E-state index contributed by atoms with van der Waals surface area (Å²) in [4.78, 5) is 2.42. The maximum absolute atomic E-state index is 6.02. The Labute approximate surface area is 116 Å². The summed E-state index contributed by atoms with van der Waals surface area (Å²) >= 11 is 0. The minimum absolute atomic E-state index is 0.273. The third-order valence-corrected chi connectivity index (χ3v) is 4.10. The zero-order valence-electron chi connectivity index (χ0n) is 12.4. The second kappa shape index (κ2) is 6.40. The van der Waals surface area contributed by atoms with Crippen LogP contribution in [0.25, 0.3) is 0 Å². The number of hydrogen-bond donors (Lipinski definition) is 1. The molecule has 0 bridgehead atoms. The van der Waals surface area contributed by atoms with Crippen molar-refractivity contribution in [3.05, 3.63) is 29.3 Å². The summed E-state index contributed by atoms with van der Waals surface area (Å²) in [5.74, 6) is 0. The van der Waals surface area contributed by atoms with Gasteiger partial charge in [0.1, 0.15) is 0 Å². The summed E-state index contributed by atoms with van der Waals surface area (Å²) in [6, 6.07) is 7.02. The Morgan fingerprint density at radius 1 is 1.47 bits per heavy atom. The van der Waals surface area contributed by atoms with Gasteiger partial charge < -0.3 is 15.4 Å². The van der Waals surface area contributed by atoms with Gasteiger partial charge in [-0.25, -0.2) is 0 Å². The van der Waals surface area contributed by atoms with Crippen LogP contribution in [0.4, 0.5) is 5.69 Å². The van der Waals surface area contributed by atoms with Crippen LogP contribution in [0.15, 0.2) is 18.2 Å². The summed E-state index contributed by atoms with van der Waals surface area (Å²) in [5, 5.41) is 0. The standard InChI is InChI=1S/C16H26N2O/c1-4-14(17)10-13-5-6-16(12(2)9-13)18-8-7-15(11-18)19-3/h5-6,9,14-15H,4,7-8,10-11,17H2,1-3H3. The molecule has 1 aliphatic heterocycles. The number of nitrogens with two attached hydrogens (primary N) is 1. The third-order valence-electron chi connectivity index (χ3n) is 4.10. The van der Waals surface area contributed by atoms with Crippen LogP contribution in [0.5, 0.6) is 0 Å². The first-order valence-electron chi connectivity index (χ1n) is 7.27. The number of aryl methyl sites for hydroxylation is 1. The average molecular weight is 262 g/mol. The van der Waals surface area contributed by atoms with Crippen molar-refractivity contribution in [1.82, 2.24) is 0 Å².